The molecular weight excluding hydrogens is 461 g/mol. The molecule has 0 saturated heterocycles. The van der Waals surface area contributed by atoms with E-state index < -0.39 is 19.4 Å². The fourth-order valence-electron chi connectivity index (χ4n) is 3.85. The first-order valence-electron chi connectivity index (χ1n) is 11.1. The summed E-state index contributed by atoms with van der Waals surface area (Å²) < 4.78 is 24.5. The average molecular weight is 490 g/mol. The van der Waals surface area contributed by atoms with Crippen LogP contribution in [0.5, 0.6) is 5.75 Å². The topological polar surface area (TPSA) is 110 Å². The minimum Gasteiger partial charge on any atom is -0.478 e. The third-order valence-electron chi connectivity index (χ3n) is 5.62. The van der Waals surface area contributed by atoms with Gasteiger partial charge in [-0.2, -0.15) is 0 Å². The Morgan fingerprint density at radius 3 is 2.88 bits per heavy atom. The Morgan fingerprint density at radius 2 is 2.12 bits per heavy atom. The van der Waals surface area contributed by atoms with Gasteiger partial charge in [0.05, 0.1) is 28.2 Å². The molecule has 1 aliphatic rings. The summed E-state index contributed by atoms with van der Waals surface area (Å²) in [4.78, 5) is 27.5. The van der Waals surface area contributed by atoms with E-state index in [-0.39, 0.29) is 19.1 Å². The van der Waals surface area contributed by atoms with Crippen molar-refractivity contribution in [1.82, 2.24) is 10.3 Å². The molecule has 0 radical (unpaired) electrons. The normalized spacial score (nSPS) is 18.1. The number of amides is 1. The molecule has 8 nitrogen and oxygen atoms in total. The monoisotopic (exact) mass is 489 g/mol. The number of nitrogens with one attached hydrogen (secondary N) is 2. The molecule has 3 unspecified atom stereocenters. The average Bonchev–Trinajstić information content (AvgIpc) is 3.21. The predicted octanol–water partition coefficient (Wildman–Crippen LogP) is 4.85. The molecule has 3 N–H and O–H groups in total. The van der Waals surface area contributed by atoms with Crippen LogP contribution in [0.1, 0.15) is 32.3 Å². The fraction of sp³-hybridized carbons (Fsp3) is 0.391. The first kappa shape index (κ1) is 23.7. The zero-order valence-electron chi connectivity index (χ0n) is 18.6. The largest absolute Gasteiger partial charge is 0.478 e. The van der Waals surface area contributed by atoms with Crippen LogP contribution in [0.15, 0.2) is 42.5 Å². The SMILES string of the molecule is CCOP(=O)(O)C(CC)CNC(=O)C1CCc2cccc(Nc3nc4ccccc4s3)c2O1. The molecule has 2 heterocycles. The predicted molar refractivity (Wildman–Crippen MR) is 131 cm³/mol. The summed E-state index contributed by atoms with van der Waals surface area (Å²) in [6.07, 6.45) is 0.955. The van der Waals surface area contributed by atoms with E-state index in [9.17, 15) is 14.3 Å². The maximum Gasteiger partial charge on any atom is 0.332 e. The van der Waals surface area contributed by atoms with Gasteiger partial charge in [-0.1, -0.05) is 42.5 Å². The molecule has 0 fully saturated rings. The number of hydrogen-bond donors (Lipinski definition) is 3. The van der Waals surface area contributed by atoms with Gasteiger partial charge in [-0.05, 0) is 49.9 Å². The van der Waals surface area contributed by atoms with E-state index in [0.717, 1.165) is 26.6 Å². The van der Waals surface area contributed by atoms with E-state index in [2.05, 4.69) is 15.6 Å². The summed E-state index contributed by atoms with van der Waals surface area (Å²) in [7, 11) is -3.78. The van der Waals surface area contributed by atoms with Gasteiger partial charge in [0.2, 0.25) is 0 Å². The number of carbonyl (C=O) groups excluding carboxylic acids is 1. The molecule has 0 aliphatic carbocycles. The molecular formula is C23H28N3O5PS. The minimum absolute atomic E-state index is 0.0570. The Hall–Kier alpha value is -2.45. The number of fused-ring (bicyclic) bond motifs is 2. The van der Waals surface area contributed by atoms with Crippen LogP contribution in [0, 0.1) is 0 Å². The Labute approximate surface area is 196 Å². The van der Waals surface area contributed by atoms with Crippen molar-refractivity contribution in [3.8, 4) is 5.75 Å². The summed E-state index contributed by atoms with van der Waals surface area (Å²) in [6, 6.07) is 13.8. The second-order valence-electron chi connectivity index (χ2n) is 7.84. The van der Waals surface area contributed by atoms with Crippen LogP contribution >= 0.6 is 18.9 Å². The number of ether oxygens (including phenoxy) is 1. The summed E-state index contributed by atoms with van der Waals surface area (Å²) in [6.45, 7) is 3.67. The standard InChI is InChI=1S/C23H28N3O5PS/c1-3-16(32(28,29)30-4-2)14-24-22(27)19-13-12-15-8-7-10-18(21(15)31-19)26-23-25-17-9-5-6-11-20(17)33-23/h5-11,16,19H,3-4,12-14H2,1-2H3,(H,24,27)(H,25,26)(H,28,29). The number of anilines is 2. The lowest BCUT2D eigenvalue weighted by molar-refractivity contribution is -0.128. The number of carbonyl (C=O) groups is 1. The molecule has 2 aromatic carbocycles. The van der Waals surface area contributed by atoms with Gasteiger partial charge in [0, 0.05) is 6.54 Å². The quantitative estimate of drug-likeness (QED) is 0.369. The van der Waals surface area contributed by atoms with Crippen molar-refractivity contribution in [2.45, 2.75) is 44.9 Å². The molecule has 1 amide bonds. The van der Waals surface area contributed by atoms with Crippen LogP contribution in [-0.4, -0.2) is 40.7 Å². The van der Waals surface area contributed by atoms with Crippen molar-refractivity contribution in [3.63, 3.8) is 0 Å². The van der Waals surface area contributed by atoms with E-state index >= 15 is 0 Å². The van der Waals surface area contributed by atoms with E-state index in [0.29, 0.717) is 25.0 Å². The Kier molecular flexibility index (Phi) is 7.34. The highest BCUT2D eigenvalue weighted by Crippen LogP contribution is 2.48. The molecule has 10 heteroatoms. The number of aryl methyl sites for hydroxylation is 1. The smallest absolute Gasteiger partial charge is 0.332 e. The maximum absolute atomic E-state index is 12.8. The first-order chi connectivity index (χ1) is 15.9. The third kappa shape index (κ3) is 5.38. The minimum atomic E-state index is -3.78. The summed E-state index contributed by atoms with van der Waals surface area (Å²) >= 11 is 1.55. The lowest BCUT2D eigenvalue weighted by atomic mass is 10.0. The fourth-order valence-corrected chi connectivity index (χ4v) is 6.09. The molecule has 0 bridgehead atoms. The van der Waals surface area contributed by atoms with Crippen LogP contribution in [-0.2, 0) is 20.3 Å². The zero-order valence-corrected chi connectivity index (χ0v) is 20.3. The van der Waals surface area contributed by atoms with E-state index in [1.165, 1.54) is 0 Å². The molecule has 3 atom stereocenters. The van der Waals surface area contributed by atoms with Crippen molar-refractivity contribution >= 4 is 45.9 Å². The number of para-hydroxylation sites is 2. The second-order valence-corrected chi connectivity index (χ2v) is 11.0. The van der Waals surface area contributed by atoms with Crippen molar-refractivity contribution in [2.24, 2.45) is 0 Å². The lowest BCUT2D eigenvalue weighted by Gasteiger charge is -2.28. The molecule has 33 heavy (non-hydrogen) atoms. The first-order valence-corrected chi connectivity index (χ1v) is 13.5. The van der Waals surface area contributed by atoms with Gasteiger partial charge in [0.1, 0.15) is 5.75 Å². The number of aromatic nitrogens is 1. The maximum atomic E-state index is 12.8. The number of thiazole rings is 1. The molecule has 176 valence electrons. The second kappa shape index (κ2) is 10.2. The van der Waals surface area contributed by atoms with Crippen LogP contribution in [0.3, 0.4) is 0 Å². The number of hydrogen-bond acceptors (Lipinski definition) is 7. The Morgan fingerprint density at radius 1 is 1.30 bits per heavy atom. The zero-order chi connectivity index (χ0) is 23.4. The van der Waals surface area contributed by atoms with Gasteiger partial charge in [-0.25, -0.2) is 4.98 Å². The number of nitrogens with zero attached hydrogens (tertiary/aromatic N) is 1. The van der Waals surface area contributed by atoms with Gasteiger partial charge in [-0.3, -0.25) is 9.36 Å². The van der Waals surface area contributed by atoms with Crippen LogP contribution in [0.2, 0.25) is 0 Å². The molecule has 0 saturated carbocycles. The molecule has 1 aliphatic heterocycles. The van der Waals surface area contributed by atoms with Gasteiger partial charge in [0.15, 0.2) is 11.2 Å². The molecule has 1 aromatic heterocycles. The van der Waals surface area contributed by atoms with Crippen molar-refractivity contribution in [3.05, 3.63) is 48.0 Å². The Balaban J connectivity index is 1.45. The Bertz CT molecular complexity index is 1150. The lowest BCUT2D eigenvalue weighted by Crippen LogP contribution is -2.43. The van der Waals surface area contributed by atoms with E-state index in [1.807, 2.05) is 42.5 Å². The van der Waals surface area contributed by atoms with Crippen molar-refractivity contribution < 1.29 is 23.5 Å². The van der Waals surface area contributed by atoms with Gasteiger partial charge >= 0.3 is 7.60 Å². The van der Waals surface area contributed by atoms with Crippen LogP contribution < -0.4 is 15.4 Å². The van der Waals surface area contributed by atoms with Crippen LogP contribution in [0.25, 0.3) is 10.2 Å². The van der Waals surface area contributed by atoms with E-state index in [4.69, 9.17) is 9.26 Å². The summed E-state index contributed by atoms with van der Waals surface area (Å²) in [5, 5.41) is 6.87. The molecule has 3 aromatic rings. The van der Waals surface area contributed by atoms with Gasteiger partial charge in [-0.15, -0.1) is 0 Å². The van der Waals surface area contributed by atoms with Gasteiger partial charge in [0.25, 0.3) is 5.91 Å². The third-order valence-corrected chi connectivity index (χ3v) is 8.67. The highest BCUT2D eigenvalue weighted by atomic mass is 32.1. The van der Waals surface area contributed by atoms with Crippen LogP contribution in [0.4, 0.5) is 10.8 Å². The number of rotatable bonds is 9. The molecule has 4 rings (SSSR count). The highest BCUT2D eigenvalue weighted by molar-refractivity contribution is 7.53. The van der Waals surface area contributed by atoms with Crippen molar-refractivity contribution in [2.75, 3.05) is 18.5 Å². The van der Waals surface area contributed by atoms with E-state index in [1.54, 1.807) is 25.2 Å². The summed E-state index contributed by atoms with van der Waals surface area (Å²) in [5.41, 5.74) is 2.04. The van der Waals surface area contributed by atoms with Crippen molar-refractivity contribution in [1.29, 1.82) is 0 Å². The molecule has 0 spiro atoms. The summed E-state index contributed by atoms with van der Waals surface area (Å²) in [5.74, 6) is 0.336. The number of benzene rings is 2. The van der Waals surface area contributed by atoms with Gasteiger partial charge < -0.3 is 24.8 Å². The highest BCUT2D eigenvalue weighted by Gasteiger charge is 2.33.